The molecule has 0 saturated carbocycles. The maximum absolute atomic E-state index is 12.5. The van der Waals surface area contributed by atoms with E-state index in [-0.39, 0.29) is 12.5 Å². The minimum Gasteiger partial charge on any atom is -0.390 e. The largest absolute Gasteiger partial charge is 0.390 e. The third kappa shape index (κ3) is 3.65. The number of H-pyrrole nitrogens is 1. The first-order valence-electron chi connectivity index (χ1n) is 6.91. The molecule has 22 heavy (non-hydrogen) atoms. The van der Waals surface area contributed by atoms with Crippen LogP contribution in [0, 0.1) is 0 Å². The van der Waals surface area contributed by atoms with Crippen molar-refractivity contribution in [1.82, 2.24) is 20.4 Å². The van der Waals surface area contributed by atoms with Crippen molar-refractivity contribution in [2.24, 2.45) is 0 Å². The van der Waals surface area contributed by atoms with Gasteiger partial charge in [0.2, 0.25) is 0 Å². The van der Waals surface area contributed by atoms with E-state index in [1.54, 1.807) is 20.2 Å². The van der Waals surface area contributed by atoms with E-state index in [2.05, 4.69) is 15.5 Å². The molecule has 0 bridgehead atoms. The fourth-order valence-corrected chi connectivity index (χ4v) is 2.45. The standard InChI is InChI=1S/C15H19ClN4O2/c1-17-7-10(21)9-20(2)15(22)12-8-18-19-14(12)11-5-3-4-6-13(11)16/h3-6,8,10,17,21H,7,9H2,1-2H3,(H,18,19). The number of hydrogen-bond acceptors (Lipinski definition) is 4. The van der Waals surface area contributed by atoms with Gasteiger partial charge in [0.25, 0.3) is 5.91 Å². The Morgan fingerprint density at radius 1 is 1.50 bits per heavy atom. The van der Waals surface area contributed by atoms with E-state index in [0.717, 1.165) is 0 Å². The lowest BCUT2D eigenvalue weighted by molar-refractivity contribution is 0.0684. The van der Waals surface area contributed by atoms with E-state index in [4.69, 9.17) is 11.6 Å². The molecule has 1 atom stereocenters. The van der Waals surface area contributed by atoms with E-state index >= 15 is 0 Å². The summed E-state index contributed by atoms with van der Waals surface area (Å²) in [4.78, 5) is 14.0. The van der Waals surface area contributed by atoms with Gasteiger partial charge in [0, 0.05) is 30.7 Å². The molecule has 2 aromatic rings. The van der Waals surface area contributed by atoms with Gasteiger partial charge in [-0.25, -0.2) is 0 Å². The van der Waals surface area contributed by atoms with Gasteiger partial charge in [-0.2, -0.15) is 5.10 Å². The van der Waals surface area contributed by atoms with Gasteiger partial charge < -0.3 is 15.3 Å². The Bertz CT molecular complexity index is 644. The van der Waals surface area contributed by atoms with Crippen LogP contribution < -0.4 is 5.32 Å². The first kappa shape index (κ1) is 16.5. The van der Waals surface area contributed by atoms with Crippen LogP contribution in [0.3, 0.4) is 0 Å². The molecule has 0 radical (unpaired) electrons. The Hall–Kier alpha value is -1.89. The molecule has 1 aromatic carbocycles. The number of nitrogens with zero attached hydrogens (tertiary/aromatic N) is 2. The lowest BCUT2D eigenvalue weighted by Gasteiger charge is -2.20. The van der Waals surface area contributed by atoms with Gasteiger partial charge in [-0.05, 0) is 13.1 Å². The second-order valence-corrected chi connectivity index (χ2v) is 5.44. The number of hydrogen-bond donors (Lipinski definition) is 3. The van der Waals surface area contributed by atoms with Gasteiger partial charge >= 0.3 is 0 Å². The van der Waals surface area contributed by atoms with E-state index < -0.39 is 6.10 Å². The quantitative estimate of drug-likeness (QED) is 0.750. The number of carbonyl (C=O) groups is 1. The first-order valence-corrected chi connectivity index (χ1v) is 7.28. The van der Waals surface area contributed by atoms with Gasteiger partial charge in [-0.3, -0.25) is 9.89 Å². The molecular formula is C15H19ClN4O2. The highest BCUT2D eigenvalue weighted by atomic mass is 35.5. The van der Waals surface area contributed by atoms with Crippen molar-refractivity contribution in [1.29, 1.82) is 0 Å². The summed E-state index contributed by atoms with van der Waals surface area (Å²) in [6, 6.07) is 7.25. The van der Waals surface area contributed by atoms with Crippen LogP contribution in [-0.4, -0.2) is 59.4 Å². The van der Waals surface area contributed by atoms with E-state index in [1.165, 1.54) is 11.1 Å². The van der Waals surface area contributed by atoms with Crippen molar-refractivity contribution in [3.63, 3.8) is 0 Å². The summed E-state index contributed by atoms with van der Waals surface area (Å²) >= 11 is 6.18. The molecule has 2 rings (SSSR count). The summed E-state index contributed by atoms with van der Waals surface area (Å²) in [6.45, 7) is 0.646. The van der Waals surface area contributed by atoms with Crippen molar-refractivity contribution in [2.75, 3.05) is 27.2 Å². The Morgan fingerprint density at radius 3 is 2.91 bits per heavy atom. The molecule has 6 nitrogen and oxygen atoms in total. The van der Waals surface area contributed by atoms with Crippen LogP contribution in [0.2, 0.25) is 5.02 Å². The normalized spacial score (nSPS) is 12.2. The van der Waals surface area contributed by atoms with E-state index in [0.29, 0.717) is 28.4 Å². The van der Waals surface area contributed by atoms with E-state index in [9.17, 15) is 9.90 Å². The summed E-state index contributed by atoms with van der Waals surface area (Å²) in [7, 11) is 3.39. The van der Waals surface area contributed by atoms with Gasteiger partial charge in [0.1, 0.15) is 0 Å². The molecule has 118 valence electrons. The maximum atomic E-state index is 12.5. The number of likely N-dealkylation sites (N-methyl/N-ethyl adjacent to an activating group) is 2. The monoisotopic (exact) mass is 322 g/mol. The van der Waals surface area contributed by atoms with Crippen molar-refractivity contribution in [2.45, 2.75) is 6.10 Å². The van der Waals surface area contributed by atoms with Crippen LogP contribution in [0.1, 0.15) is 10.4 Å². The molecule has 0 aliphatic rings. The maximum Gasteiger partial charge on any atom is 0.257 e. The number of benzene rings is 1. The molecule has 1 heterocycles. The number of amides is 1. The van der Waals surface area contributed by atoms with Gasteiger partial charge in [0.15, 0.2) is 0 Å². The third-order valence-electron chi connectivity index (χ3n) is 3.28. The molecule has 0 saturated heterocycles. The van der Waals surface area contributed by atoms with Crippen LogP contribution in [0.25, 0.3) is 11.3 Å². The third-order valence-corrected chi connectivity index (χ3v) is 3.61. The lowest BCUT2D eigenvalue weighted by Crippen LogP contribution is -2.38. The molecule has 3 N–H and O–H groups in total. The highest BCUT2D eigenvalue weighted by Gasteiger charge is 2.21. The van der Waals surface area contributed by atoms with Gasteiger partial charge in [-0.15, -0.1) is 0 Å². The van der Waals surface area contributed by atoms with Crippen molar-refractivity contribution < 1.29 is 9.90 Å². The molecule has 1 aromatic heterocycles. The molecule has 0 fully saturated rings. The first-order chi connectivity index (χ1) is 10.5. The number of halogens is 1. The minimum atomic E-state index is -0.630. The van der Waals surface area contributed by atoms with Crippen molar-refractivity contribution in [3.05, 3.63) is 41.0 Å². The summed E-state index contributed by atoms with van der Waals surface area (Å²) in [5, 5.41) is 20.0. The van der Waals surface area contributed by atoms with Gasteiger partial charge in [0.05, 0.1) is 23.6 Å². The average Bonchev–Trinajstić information content (AvgIpc) is 2.96. The molecule has 0 aliphatic heterocycles. The second-order valence-electron chi connectivity index (χ2n) is 5.04. The summed E-state index contributed by atoms with van der Waals surface area (Å²) in [5.74, 6) is -0.223. The predicted molar refractivity (Wildman–Crippen MR) is 85.9 cm³/mol. The Balaban J connectivity index is 2.22. The Kier molecular flexibility index (Phi) is 5.54. The number of aliphatic hydroxyl groups is 1. The topological polar surface area (TPSA) is 81.2 Å². The van der Waals surface area contributed by atoms with E-state index in [1.807, 2.05) is 18.2 Å². The number of carbonyl (C=O) groups excluding carboxylic acids is 1. The van der Waals surface area contributed by atoms with Crippen LogP contribution >= 0.6 is 11.6 Å². The number of aromatic nitrogens is 2. The van der Waals surface area contributed by atoms with Crippen molar-refractivity contribution in [3.8, 4) is 11.3 Å². The molecule has 0 spiro atoms. The zero-order valence-electron chi connectivity index (χ0n) is 12.5. The smallest absolute Gasteiger partial charge is 0.257 e. The summed E-state index contributed by atoms with van der Waals surface area (Å²) in [6.07, 6.45) is 0.844. The fraction of sp³-hybridized carbons (Fsp3) is 0.333. The highest BCUT2D eigenvalue weighted by Crippen LogP contribution is 2.28. The second kappa shape index (κ2) is 7.40. The molecule has 0 aliphatic carbocycles. The number of aromatic amines is 1. The van der Waals surface area contributed by atoms with Crippen molar-refractivity contribution >= 4 is 17.5 Å². The number of rotatable bonds is 6. The number of nitrogens with one attached hydrogen (secondary N) is 2. The molecule has 1 amide bonds. The highest BCUT2D eigenvalue weighted by molar-refractivity contribution is 6.33. The summed E-state index contributed by atoms with van der Waals surface area (Å²) < 4.78 is 0. The number of aliphatic hydroxyl groups excluding tert-OH is 1. The Morgan fingerprint density at radius 2 is 2.23 bits per heavy atom. The Labute approximate surface area is 134 Å². The van der Waals surface area contributed by atoms with Crippen LogP contribution in [0.4, 0.5) is 0 Å². The molecular weight excluding hydrogens is 304 g/mol. The van der Waals surface area contributed by atoms with Gasteiger partial charge in [-0.1, -0.05) is 29.8 Å². The predicted octanol–water partition coefficient (Wildman–Crippen LogP) is 1.38. The van der Waals surface area contributed by atoms with Crippen LogP contribution in [0.5, 0.6) is 0 Å². The zero-order chi connectivity index (χ0) is 16.1. The minimum absolute atomic E-state index is 0.223. The fourth-order valence-electron chi connectivity index (χ4n) is 2.22. The van der Waals surface area contributed by atoms with Crippen LogP contribution in [-0.2, 0) is 0 Å². The summed E-state index contributed by atoms with van der Waals surface area (Å²) in [5.41, 5.74) is 1.71. The SMILES string of the molecule is CNCC(O)CN(C)C(=O)c1cn[nH]c1-c1ccccc1Cl. The zero-order valence-corrected chi connectivity index (χ0v) is 13.3. The average molecular weight is 323 g/mol. The molecule has 7 heteroatoms. The molecule has 1 unspecified atom stereocenters. The lowest BCUT2D eigenvalue weighted by atomic mass is 10.1. The van der Waals surface area contributed by atoms with Crippen LogP contribution in [0.15, 0.2) is 30.5 Å².